The Morgan fingerprint density at radius 2 is 1.83 bits per heavy atom. The second-order valence-electron chi connectivity index (χ2n) is 6.58. The highest BCUT2D eigenvalue weighted by atomic mass is 32.2. The van der Waals surface area contributed by atoms with E-state index in [1.54, 1.807) is 13.8 Å². The Kier molecular flexibility index (Phi) is 6.42. The minimum atomic E-state index is -3.80. The van der Waals surface area contributed by atoms with E-state index < -0.39 is 15.9 Å². The van der Waals surface area contributed by atoms with Crippen LogP contribution in [0.5, 0.6) is 5.75 Å². The molecule has 0 bridgehead atoms. The number of nitrogens with zero attached hydrogens (tertiary/aromatic N) is 3. The number of carbonyl (C=O) groups excluding carboxylic acids is 1. The maximum Gasteiger partial charge on any atom is 0.258 e. The van der Waals surface area contributed by atoms with Crippen LogP contribution in [-0.2, 0) is 16.6 Å². The average molecular weight is 431 g/mol. The van der Waals surface area contributed by atoms with E-state index in [1.807, 2.05) is 35.8 Å². The van der Waals surface area contributed by atoms with Crippen LogP contribution in [0.1, 0.15) is 31.1 Å². The van der Waals surface area contributed by atoms with Crippen LogP contribution in [0.3, 0.4) is 0 Å². The van der Waals surface area contributed by atoms with Gasteiger partial charge in [-0.05, 0) is 37.3 Å². The first kappa shape index (κ1) is 21.8. The zero-order chi connectivity index (χ0) is 21.9. The van der Waals surface area contributed by atoms with Crippen molar-refractivity contribution >= 4 is 32.9 Å². The lowest BCUT2D eigenvalue weighted by molar-refractivity contribution is 0.102. The summed E-state index contributed by atoms with van der Waals surface area (Å²) in [5.74, 6) is 0.158. The van der Waals surface area contributed by atoms with Crippen molar-refractivity contribution in [2.45, 2.75) is 32.2 Å². The zero-order valence-electron chi connectivity index (χ0n) is 17.5. The number of aromatic nitrogens is 2. The fourth-order valence-corrected chi connectivity index (χ4v) is 5.03. The molecule has 0 aliphatic heterocycles. The molecule has 3 aromatic rings. The Hall–Kier alpha value is -2.91. The van der Waals surface area contributed by atoms with Gasteiger partial charge in [0.05, 0.1) is 18.1 Å². The predicted molar refractivity (Wildman–Crippen MR) is 116 cm³/mol. The van der Waals surface area contributed by atoms with Crippen LogP contribution in [0.4, 0.5) is 5.95 Å². The second kappa shape index (κ2) is 8.85. The number of methoxy groups -OCH3 is 1. The molecular formula is C21H26N4O4S. The Bertz CT molecular complexity index is 1170. The molecule has 30 heavy (non-hydrogen) atoms. The summed E-state index contributed by atoms with van der Waals surface area (Å²) in [6.45, 7) is 6.75. The Balaban J connectivity index is 2.00. The summed E-state index contributed by atoms with van der Waals surface area (Å²) in [5.41, 5.74) is 1.89. The molecule has 1 aromatic heterocycles. The summed E-state index contributed by atoms with van der Waals surface area (Å²) in [6, 6.07) is 12.0. The van der Waals surface area contributed by atoms with E-state index in [4.69, 9.17) is 4.74 Å². The van der Waals surface area contributed by atoms with Crippen LogP contribution < -0.4 is 10.1 Å². The number of aryl methyl sites for hydroxylation is 1. The minimum absolute atomic E-state index is 0.0367. The molecule has 0 spiro atoms. The highest BCUT2D eigenvalue weighted by Crippen LogP contribution is 2.28. The fourth-order valence-electron chi connectivity index (χ4n) is 3.39. The Morgan fingerprint density at radius 1 is 1.13 bits per heavy atom. The molecule has 0 radical (unpaired) electrons. The third-order valence-corrected chi connectivity index (χ3v) is 7.02. The van der Waals surface area contributed by atoms with Gasteiger partial charge in [0.15, 0.2) is 0 Å². The molecule has 0 aliphatic carbocycles. The van der Waals surface area contributed by atoms with E-state index in [0.29, 0.717) is 25.6 Å². The molecule has 0 aliphatic rings. The number of imidazole rings is 1. The third-order valence-electron chi connectivity index (χ3n) is 4.95. The largest absolute Gasteiger partial charge is 0.495 e. The number of hydrogen-bond donors (Lipinski definition) is 1. The molecule has 1 heterocycles. The van der Waals surface area contributed by atoms with E-state index in [2.05, 4.69) is 10.3 Å². The molecule has 0 unspecified atom stereocenters. The number of fused-ring (bicyclic) bond motifs is 1. The van der Waals surface area contributed by atoms with Gasteiger partial charge in [-0.1, -0.05) is 26.0 Å². The number of hydrogen-bond acceptors (Lipinski definition) is 5. The van der Waals surface area contributed by atoms with Crippen LogP contribution in [0.15, 0.2) is 47.4 Å². The number of benzene rings is 2. The van der Waals surface area contributed by atoms with E-state index in [-0.39, 0.29) is 16.2 Å². The molecule has 0 saturated carbocycles. The Morgan fingerprint density at radius 3 is 2.47 bits per heavy atom. The van der Waals surface area contributed by atoms with Gasteiger partial charge in [-0.2, -0.15) is 4.31 Å². The maximum absolute atomic E-state index is 13.0. The summed E-state index contributed by atoms with van der Waals surface area (Å²) in [4.78, 5) is 17.4. The monoisotopic (exact) mass is 430 g/mol. The lowest BCUT2D eigenvalue weighted by Crippen LogP contribution is -2.31. The highest BCUT2D eigenvalue weighted by molar-refractivity contribution is 7.89. The van der Waals surface area contributed by atoms with Crippen molar-refractivity contribution in [3.63, 3.8) is 0 Å². The summed E-state index contributed by atoms with van der Waals surface area (Å²) < 4.78 is 34.5. The zero-order valence-corrected chi connectivity index (χ0v) is 18.4. The quantitative estimate of drug-likeness (QED) is 0.592. The van der Waals surface area contributed by atoms with Crippen LogP contribution in [-0.4, -0.2) is 48.4 Å². The van der Waals surface area contributed by atoms with E-state index in [0.717, 1.165) is 11.0 Å². The van der Waals surface area contributed by atoms with Crippen molar-refractivity contribution in [3.8, 4) is 5.75 Å². The van der Waals surface area contributed by atoms with Crippen molar-refractivity contribution in [1.29, 1.82) is 0 Å². The summed E-state index contributed by atoms with van der Waals surface area (Å²) in [7, 11) is -2.40. The minimum Gasteiger partial charge on any atom is -0.495 e. The van der Waals surface area contributed by atoms with E-state index >= 15 is 0 Å². The number of nitrogens with one attached hydrogen (secondary N) is 1. The van der Waals surface area contributed by atoms with E-state index in [9.17, 15) is 13.2 Å². The van der Waals surface area contributed by atoms with Crippen LogP contribution >= 0.6 is 0 Å². The van der Waals surface area contributed by atoms with E-state index in [1.165, 1.54) is 29.6 Å². The number of carbonyl (C=O) groups is 1. The summed E-state index contributed by atoms with van der Waals surface area (Å²) in [5, 5.41) is 2.80. The van der Waals surface area contributed by atoms with Gasteiger partial charge in [0.25, 0.3) is 5.91 Å². The molecule has 1 amide bonds. The van der Waals surface area contributed by atoms with Gasteiger partial charge in [0.1, 0.15) is 10.6 Å². The fraction of sp³-hybridized carbons (Fsp3) is 0.333. The molecule has 8 nitrogen and oxygen atoms in total. The van der Waals surface area contributed by atoms with Gasteiger partial charge >= 0.3 is 0 Å². The normalized spacial score (nSPS) is 11.8. The van der Waals surface area contributed by atoms with Crippen molar-refractivity contribution in [2.75, 3.05) is 25.5 Å². The standard InChI is InChI=1S/C21H26N4O4S/c1-5-24(6-2)30(27,28)19-14-15(12-13-18(19)29-4)20(26)23-21-22-16-10-8-9-11-17(16)25(21)7-3/h8-14H,5-7H2,1-4H3,(H,22,23,26). The second-order valence-corrected chi connectivity index (χ2v) is 8.48. The van der Waals surface area contributed by atoms with Crippen molar-refractivity contribution in [2.24, 2.45) is 0 Å². The summed E-state index contributed by atoms with van der Waals surface area (Å²) in [6.07, 6.45) is 0. The van der Waals surface area contributed by atoms with Crippen LogP contribution in [0.2, 0.25) is 0 Å². The lowest BCUT2D eigenvalue weighted by Gasteiger charge is -2.20. The molecular weight excluding hydrogens is 404 g/mol. The number of ether oxygens (including phenoxy) is 1. The lowest BCUT2D eigenvalue weighted by atomic mass is 10.2. The Labute approximate surface area is 176 Å². The molecule has 160 valence electrons. The first-order valence-corrected chi connectivity index (χ1v) is 11.3. The van der Waals surface area contributed by atoms with Gasteiger partial charge < -0.3 is 9.30 Å². The van der Waals surface area contributed by atoms with Crippen molar-refractivity contribution in [1.82, 2.24) is 13.9 Å². The number of para-hydroxylation sites is 2. The van der Waals surface area contributed by atoms with Gasteiger partial charge in [-0.15, -0.1) is 0 Å². The molecule has 2 aromatic carbocycles. The third kappa shape index (κ3) is 3.90. The highest BCUT2D eigenvalue weighted by Gasteiger charge is 2.27. The molecule has 1 N–H and O–H groups in total. The number of sulfonamides is 1. The summed E-state index contributed by atoms with van der Waals surface area (Å²) >= 11 is 0. The first-order valence-electron chi connectivity index (χ1n) is 9.82. The predicted octanol–water partition coefficient (Wildman–Crippen LogP) is 3.35. The molecule has 0 fully saturated rings. The average Bonchev–Trinajstić information content (AvgIpc) is 3.10. The van der Waals surface area contributed by atoms with Crippen molar-refractivity contribution < 1.29 is 17.9 Å². The maximum atomic E-state index is 13.0. The molecule has 9 heteroatoms. The van der Waals surface area contributed by atoms with Gasteiger partial charge in [0.2, 0.25) is 16.0 Å². The van der Waals surface area contributed by atoms with Crippen LogP contribution in [0.25, 0.3) is 11.0 Å². The number of amides is 1. The first-order chi connectivity index (χ1) is 14.4. The molecule has 3 rings (SSSR count). The molecule has 0 saturated heterocycles. The number of anilines is 1. The topological polar surface area (TPSA) is 93.5 Å². The van der Waals surface area contributed by atoms with Gasteiger partial charge in [0, 0.05) is 25.2 Å². The number of rotatable bonds is 8. The van der Waals surface area contributed by atoms with Crippen molar-refractivity contribution in [3.05, 3.63) is 48.0 Å². The van der Waals surface area contributed by atoms with Gasteiger partial charge in [-0.3, -0.25) is 10.1 Å². The SMILES string of the molecule is CCN(CC)S(=O)(=O)c1cc(C(=O)Nc2nc3ccccc3n2CC)ccc1OC. The smallest absolute Gasteiger partial charge is 0.258 e. The molecule has 0 atom stereocenters. The van der Waals surface area contributed by atoms with Gasteiger partial charge in [-0.25, -0.2) is 13.4 Å². The van der Waals surface area contributed by atoms with Crippen LogP contribution in [0, 0.1) is 0 Å².